The summed E-state index contributed by atoms with van der Waals surface area (Å²) in [4.78, 5) is 36.5. The zero-order chi connectivity index (χ0) is 19.6. The maximum absolute atomic E-state index is 12.4. The number of non-ortho nitro benzene ring substituents is 1. The zero-order valence-corrected chi connectivity index (χ0v) is 15.3. The Balaban J connectivity index is 1.58. The maximum atomic E-state index is 12.4. The summed E-state index contributed by atoms with van der Waals surface area (Å²) in [7, 11) is 0. The molecule has 0 saturated carbocycles. The van der Waals surface area contributed by atoms with Crippen LogP contribution < -0.4 is 11.5 Å². The van der Waals surface area contributed by atoms with Crippen LogP contribution in [0.4, 0.5) is 5.69 Å². The van der Waals surface area contributed by atoms with E-state index in [1.54, 1.807) is 0 Å². The molecule has 27 heavy (non-hydrogen) atoms. The van der Waals surface area contributed by atoms with E-state index >= 15 is 0 Å². The molecule has 1 amide bonds. The number of aryl methyl sites for hydroxylation is 1. The van der Waals surface area contributed by atoms with Crippen molar-refractivity contribution in [3.05, 3.63) is 38.9 Å². The minimum Gasteiger partial charge on any atom is -0.407 e. The van der Waals surface area contributed by atoms with E-state index in [0.29, 0.717) is 30.8 Å². The van der Waals surface area contributed by atoms with Crippen LogP contribution >= 0.6 is 0 Å². The van der Waals surface area contributed by atoms with Crippen LogP contribution in [0.25, 0.3) is 11.1 Å². The summed E-state index contributed by atoms with van der Waals surface area (Å²) in [6.45, 7) is 3.78. The van der Waals surface area contributed by atoms with Gasteiger partial charge in [-0.3, -0.25) is 19.5 Å². The van der Waals surface area contributed by atoms with Crippen molar-refractivity contribution in [2.75, 3.05) is 13.1 Å². The summed E-state index contributed by atoms with van der Waals surface area (Å²) in [6.07, 6.45) is 2.69. The predicted molar refractivity (Wildman–Crippen MR) is 99.3 cm³/mol. The fourth-order valence-corrected chi connectivity index (χ4v) is 3.60. The lowest BCUT2D eigenvalue weighted by molar-refractivity contribution is -0.384. The first-order valence-electron chi connectivity index (χ1n) is 9.18. The van der Waals surface area contributed by atoms with Crippen molar-refractivity contribution in [2.45, 2.75) is 45.2 Å². The molecular formula is C18H24N4O5. The maximum Gasteiger partial charge on any atom is 0.419 e. The third-order valence-corrected chi connectivity index (χ3v) is 5.27. The lowest BCUT2D eigenvalue weighted by Crippen LogP contribution is -2.42. The number of fused-ring (bicyclic) bond motifs is 1. The lowest BCUT2D eigenvalue weighted by atomic mass is 9.91. The van der Waals surface area contributed by atoms with Crippen molar-refractivity contribution >= 4 is 22.7 Å². The van der Waals surface area contributed by atoms with Gasteiger partial charge in [-0.05, 0) is 38.2 Å². The molecule has 0 radical (unpaired) electrons. The van der Waals surface area contributed by atoms with Gasteiger partial charge in [0, 0.05) is 38.2 Å². The number of carbonyl (C=O) groups is 1. The number of amides is 1. The molecule has 2 N–H and O–H groups in total. The molecule has 9 heteroatoms. The van der Waals surface area contributed by atoms with Gasteiger partial charge < -0.3 is 15.1 Å². The predicted octanol–water partition coefficient (Wildman–Crippen LogP) is 1.87. The van der Waals surface area contributed by atoms with E-state index in [-0.39, 0.29) is 23.2 Å². The summed E-state index contributed by atoms with van der Waals surface area (Å²) in [6, 6.07) is 4.22. The van der Waals surface area contributed by atoms with E-state index in [0.717, 1.165) is 25.9 Å². The number of benzene rings is 1. The van der Waals surface area contributed by atoms with Crippen molar-refractivity contribution in [1.82, 2.24) is 9.47 Å². The number of hydrogen-bond acceptors (Lipinski definition) is 6. The Morgan fingerprint density at radius 3 is 2.74 bits per heavy atom. The molecule has 0 bridgehead atoms. The summed E-state index contributed by atoms with van der Waals surface area (Å²) in [5.41, 5.74) is 6.47. The van der Waals surface area contributed by atoms with Gasteiger partial charge in [0.25, 0.3) is 5.69 Å². The second-order valence-corrected chi connectivity index (χ2v) is 7.11. The standard InChI is InChI=1S/C18H24N4O5/c1-12(19)13-6-9-20(10-7-13)17(23)3-2-8-21-15-5-4-14(22(25)26)11-16(15)27-18(21)24/h4-5,11-13H,2-3,6-10,19H2,1H3. The Kier molecular flexibility index (Phi) is 5.59. The number of nitro groups is 1. The summed E-state index contributed by atoms with van der Waals surface area (Å²) in [5, 5.41) is 10.8. The van der Waals surface area contributed by atoms with Gasteiger partial charge in [0.05, 0.1) is 16.5 Å². The number of piperidine rings is 1. The number of nitrogens with zero attached hydrogens (tertiary/aromatic N) is 3. The molecule has 1 unspecified atom stereocenters. The highest BCUT2D eigenvalue weighted by Gasteiger charge is 2.24. The normalized spacial score (nSPS) is 16.6. The molecule has 1 aromatic heterocycles. The highest BCUT2D eigenvalue weighted by molar-refractivity contribution is 5.77. The van der Waals surface area contributed by atoms with E-state index in [1.165, 1.54) is 22.8 Å². The molecule has 0 aliphatic carbocycles. The third kappa shape index (κ3) is 4.19. The van der Waals surface area contributed by atoms with Gasteiger partial charge in [-0.2, -0.15) is 0 Å². The van der Waals surface area contributed by atoms with Gasteiger partial charge >= 0.3 is 5.76 Å². The highest BCUT2D eigenvalue weighted by atomic mass is 16.6. The van der Waals surface area contributed by atoms with Crippen molar-refractivity contribution in [2.24, 2.45) is 11.7 Å². The smallest absolute Gasteiger partial charge is 0.407 e. The second kappa shape index (κ2) is 7.91. The van der Waals surface area contributed by atoms with Crippen LogP contribution in [-0.4, -0.2) is 39.4 Å². The summed E-state index contributed by atoms with van der Waals surface area (Å²) >= 11 is 0. The Hall–Kier alpha value is -2.68. The number of carbonyl (C=O) groups excluding carboxylic acids is 1. The molecule has 1 aromatic carbocycles. The average molecular weight is 376 g/mol. The van der Waals surface area contributed by atoms with Gasteiger partial charge in [0.15, 0.2) is 5.58 Å². The number of nitro benzene ring substituents is 1. The largest absolute Gasteiger partial charge is 0.419 e. The number of aromatic nitrogens is 1. The molecule has 1 fully saturated rings. The van der Waals surface area contributed by atoms with Crippen molar-refractivity contribution < 1.29 is 14.1 Å². The molecule has 2 aromatic rings. The Bertz CT molecular complexity index is 893. The minimum atomic E-state index is -0.573. The molecule has 3 rings (SSSR count). The van der Waals surface area contributed by atoms with Crippen molar-refractivity contribution in [1.29, 1.82) is 0 Å². The molecule has 1 aliphatic rings. The van der Waals surface area contributed by atoms with Crippen molar-refractivity contribution in [3.63, 3.8) is 0 Å². The fourth-order valence-electron chi connectivity index (χ4n) is 3.60. The first-order valence-corrected chi connectivity index (χ1v) is 9.18. The lowest BCUT2D eigenvalue weighted by Gasteiger charge is -2.33. The molecular weight excluding hydrogens is 352 g/mol. The Morgan fingerprint density at radius 1 is 1.41 bits per heavy atom. The van der Waals surface area contributed by atoms with Crippen LogP contribution in [0, 0.1) is 16.0 Å². The first-order chi connectivity index (χ1) is 12.9. The van der Waals surface area contributed by atoms with E-state index in [9.17, 15) is 19.7 Å². The highest BCUT2D eigenvalue weighted by Crippen LogP contribution is 2.22. The molecule has 2 heterocycles. The number of oxazole rings is 1. The second-order valence-electron chi connectivity index (χ2n) is 7.11. The quantitative estimate of drug-likeness (QED) is 0.606. The van der Waals surface area contributed by atoms with E-state index in [4.69, 9.17) is 10.2 Å². The first kappa shape index (κ1) is 19.1. The number of rotatable bonds is 6. The fraction of sp³-hybridized carbons (Fsp3) is 0.556. The van der Waals surface area contributed by atoms with Gasteiger partial charge in [-0.1, -0.05) is 0 Å². The SMILES string of the molecule is CC(N)C1CCN(C(=O)CCCn2c(=O)oc3cc([N+](=O)[O-])ccc32)CC1. The minimum absolute atomic E-state index is 0.0783. The van der Waals surface area contributed by atoms with Crippen molar-refractivity contribution in [3.8, 4) is 0 Å². The van der Waals surface area contributed by atoms with Gasteiger partial charge in [-0.15, -0.1) is 0 Å². The third-order valence-electron chi connectivity index (χ3n) is 5.27. The number of nitrogens with two attached hydrogens (primary N) is 1. The van der Waals surface area contributed by atoms with Crippen LogP contribution in [-0.2, 0) is 11.3 Å². The molecule has 1 saturated heterocycles. The zero-order valence-electron chi connectivity index (χ0n) is 15.3. The van der Waals surface area contributed by atoms with Crippen LogP contribution in [0.2, 0.25) is 0 Å². The topological polar surface area (TPSA) is 125 Å². The average Bonchev–Trinajstić information content (AvgIpc) is 2.96. The molecule has 1 atom stereocenters. The number of hydrogen-bond donors (Lipinski definition) is 1. The van der Waals surface area contributed by atoms with Crippen LogP contribution in [0.5, 0.6) is 0 Å². The summed E-state index contributed by atoms with van der Waals surface area (Å²) in [5.74, 6) is -0.0284. The van der Waals surface area contributed by atoms with Gasteiger partial charge in [0.1, 0.15) is 0 Å². The molecule has 0 spiro atoms. The number of likely N-dealkylation sites (tertiary alicyclic amines) is 1. The van der Waals surface area contributed by atoms with Gasteiger partial charge in [-0.25, -0.2) is 4.79 Å². The Labute approximate surface area is 155 Å². The Morgan fingerprint density at radius 2 is 2.11 bits per heavy atom. The van der Waals surface area contributed by atoms with Crippen LogP contribution in [0.15, 0.2) is 27.4 Å². The van der Waals surface area contributed by atoms with Crippen LogP contribution in [0.1, 0.15) is 32.6 Å². The van der Waals surface area contributed by atoms with Crippen LogP contribution in [0.3, 0.4) is 0 Å². The monoisotopic (exact) mass is 376 g/mol. The molecule has 146 valence electrons. The van der Waals surface area contributed by atoms with Gasteiger partial charge in [0.2, 0.25) is 5.91 Å². The van der Waals surface area contributed by atoms with E-state index < -0.39 is 10.7 Å². The van der Waals surface area contributed by atoms with E-state index in [2.05, 4.69) is 0 Å². The molecule has 9 nitrogen and oxygen atoms in total. The molecule has 1 aliphatic heterocycles. The van der Waals surface area contributed by atoms with E-state index in [1.807, 2.05) is 11.8 Å². The summed E-state index contributed by atoms with van der Waals surface area (Å²) < 4.78 is 6.51.